The molecule has 0 aromatic carbocycles. The molecule has 2 N–H and O–H groups in total. The Hall–Kier alpha value is -0.760. The van der Waals surface area contributed by atoms with Crippen LogP contribution in [0.4, 0.5) is 0 Å². The molecule has 0 amide bonds. The van der Waals surface area contributed by atoms with E-state index in [9.17, 15) is 0 Å². The van der Waals surface area contributed by atoms with E-state index in [1.165, 1.54) is 31.2 Å². The van der Waals surface area contributed by atoms with E-state index in [0.717, 1.165) is 13.0 Å². The topological polar surface area (TPSA) is 30.9 Å². The SMILES string of the molecule is CCn1cc(CC(C)N)c2c1CCCC2. The van der Waals surface area contributed by atoms with Gasteiger partial charge in [-0.25, -0.2) is 0 Å². The van der Waals surface area contributed by atoms with Crippen molar-refractivity contribution in [2.45, 2.75) is 58.5 Å². The number of hydrogen-bond donors (Lipinski definition) is 1. The zero-order valence-corrected chi connectivity index (χ0v) is 9.92. The molecule has 1 aromatic rings. The Labute approximate surface area is 92.5 Å². The molecule has 1 aromatic heterocycles. The summed E-state index contributed by atoms with van der Waals surface area (Å²) in [5.41, 5.74) is 10.6. The Balaban J connectivity index is 2.33. The van der Waals surface area contributed by atoms with Crippen molar-refractivity contribution in [3.8, 4) is 0 Å². The third-order valence-electron chi connectivity index (χ3n) is 3.37. The average Bonchev–Trinajstić information content (AvgIpc) is 2.56. The van der Waals surface area contributed by atoms with Crippen LogP contribution in [-0.4, -0.2) is 10.6 Å². The molecule has 0 fully saturated rings. The lowest BCUT2D eigenvalue weighted by molar-refractivity contribution is 0.621. The molecule has 2 heteroatoms. The molecule has 2 rings (SSSR count). The van der Waals surface area contributed by atoms with Crippen molar-refractivity contribution in [1.29, 1.82) is 0 Å². The van der Waals surface area contributed by atoms with E-state index in [1.54, 1.807) is 11.3 Å². The number of nitrogens with zero attached hydrogens (tertiary/aromatic N) is 1. The summed E-state index contributed by atoms with van der Waals surface area (Å²) < 4.78 is 2.42. The summed E-state index contributed by atoms with van der Waals surface area (Å²) in [4.78, 5) is 0. The first kappa shape index (κ1) is 10.7. The monoisotopic (exact) mass is 206 g/mol. The van der Waals surface area contributed by atoms with E-state index in [2.05, 4.69) is 24.6 Å². The van der Waals surface area contributed by atoms with Gasteiger partial charge < -0.3 is 10.3 Å². The van der Waals surface area contributed by atoms with Crippen LogP contribution < -0.4 is 5.73 Å². The van der Waals surface area contributed by atoms with Crippen LogP contribution in [0.25, 0.3) is 0 Å². The smallest absolute Gasteiger partial charge is 0.0209 e. The van der Waals surface area contributed by atoms with Gasteiger partial charge in [0.1, 0.15) is 0 Å². The summed E-state index contributed by atoms with van der Waals surface area (Å²) in [6, 6.07) is 0.281. The normalized spacial score (nSPS) is 17.5. The van der Waals surface area contributed by atoms with Gasteiger partial charge in [0.25, 0.3) is 0 Å². The summed E-state index contributed by atoms with van der Waals surface area (Å²) in [5, 5.41) is 0. The molecule has 1 heterocycles. The molecule has 1 aliphatic carbocycles. The van der Waals surface area contributed by atoms with Gasteiger partial charge >= 0.3 is 0 Å². The van der Waals surface area contributed by atoms with Gasteiger partial charge in [0, 0.05) is 24.5 Å². The van der Waals surface area contributed by atoms with Crippen molar-refractivity contribution in [1.82, 2.24) is 4.57 Å². The summed E-state index contributed by atoms with van der Waals surface area (Å²) >= 11 is 0. The maximum absolute atomic E-state index is 5.90. The van der Waals surface area contributed by atoms with Crippen molar-refractivity contribution in [2.24, 2.45) is 5.73 Å². The van der Waals surface area contributed by atoms with Gasteiger partial charge in [-0.3, -0.25) is 0 Å². The number of nitrogens with two attached hydrogens (primary N) is 1. The van der Waals surface area contributed by atoms with Crippen LogP contribution in [0.1, 0.15) is 43.5 Å². The summed E-state index contributed by atoms with van der Waals surface area (Å²) in [6.07, 6.45) is 8.61. The van der Waals surface area contributed by atoms with Crippen LogP contribution in [0.2, 0.25) is 0 Å². The third-order valence-corrected chi connectivity index (χ3v) is 3.37. The molecule has 0 saturated heterocycles. The fourth-order valence-electron chi connectivity index (χ4n) is 2.70. The molecule has 2 nitrogen and oxygen atoms in total. The van der Waals surface area contributed by atoms with Gasteiger partial charge in [-0.05, 0) is 57.1 Å². The van der Waals surface area contributed by atoms with E-state index >= 15 is 0 Å². The summed E-state index contributed by atoms with van der Waals surface area (Å²) in [5.74, 6) is 0. The number of aryl methyl sites for hydroxylation is 1. The van der Waals surface area contributed by atoms with E-state index in [-0.39, 0.29) is 6.04 Å². The second kappa shape index (κ2) is 4.40. The number of fused-ring (bicyclic) bond motifs is 1. The lowest BCUT2D eigenvalue weighted by Crippen LogP contribution is -2.18. The Morgan fingerprint density at radius 3 is 2.80 bits per heavy atom. The third kappa shape index (κ3) is 2.10. The van der Waals surface area contributed by atoms with Crippen LogP contribution >= 0.6 is 0 Å². The standard InChI is InChI=1S/C13H22N2/c1-3-15-9-11(8-10(2)14)12-6-4-5-7-13(12)15/h9-10H,3-8,14H2,1-2H3. The van der Waals surface area contributed by atoms with Crippen LogP contribution in [0.3, 0.4) is 0 Å². The molecule has 0 aliphatic heterocycles. The van der Waals surface area contributed by atoms with Gasteiger partial charge in [0.05, 0.1) is 0 Å². The molecular formula is C13H22N2. The van der Waals surface area contributed by atoms with E-state index in [0.29, 0.717) is 0 Å². The zero-order valence-electron chi connectivity index (χ0n) is 9.92. The van der Waals surface area contributed by atoms with Crippen LogP contribution in [0, 0.1) is 0 Å². The molecule has 1 unspecified atom stereocenters. The predicted octanol–water partition coefficient (Wildman–Crippen LogP) is 2.28. The second-order valence-electron chi connectivity index (χ2n) is 4.75. The quantitative estimate of drug-likeness (QED) is 0.808. The van der Waals surface area contributed by atoms with E-state index in [1.807, 2.05) is 0 Å². The Morgan fingerprint density at radius 1 is 1.40 bits per heavy atom. The first-order chi connectivity index (χ1) is 7.22. The molecule has 84 valence electrons. The molecule has 15 heavy (non-hydrogen) atoms. The highest BCUT2D eigenvalue weighted by Gasteiger charge is 2.18. The minimum Gasteiger partial charge on any atom is -0.351 e. The van der Waals surface area contributed by atoms with Crippen LogP contribution in [0.15, 0.2) is 6.20 Å². The maximum atomic E-state index is 5.90. The van der Waals surface area contributed by atoms with Crippen molar-refractivity contribution in [2.75, 3.05) is 0 Å². The summed E-state index contributed by atoms with van der Waals surface area (Å²) in [6.45, 7) is 5.42. The Kier molecular flexibility index (Phi) is 3.15. The van der Waals surface area contributed by atoms with Crippen molar-refractivity contribution < 1.29 is 0 Å². The molecule has 0 saturated carbocycles. The van der Waals surface area contributed by atoms with Crippen molar-refractivity contribution in [3.05, 3.63) is 23.0 Å². The van der Waals surface area contributed by atoms with Gasteiger partial charge in [0.2, 0.25) is 0 Å². The van der Waals surface area contributed by atoms with Crippen LogP contribution in [-0.2, 0) is 25.8 Å². The first-order valence-corrected chi connectivity index (χ1v) is 6.17. The average molecular weight is 206 g/mol. The number of aromatic nitrogens is 1. The highest BCUT2D eigenvalue weighted by molar-refractivity contribution is 5.35. The molecular weight excluding hydrogens is 184 g/mol. The van der Waals surface area contributed by atoms with E-state index in [4.69, 9.17) is 5.73 Å². The fraction of sp³-hybridized carbons (Fsp3) is 0.692. The Bertz CT molecular complexity index is 337. The van der Waals surface area contributed by atoms with E-state index < -0.39 is 0 Å². The minimum atomic E-state index is 0.281. The molecule has 1 atom stereocenters. The van der Waals surface area contributed by atoms with Gasteiger partial charge in [-0.2, -0.15) is 0 Å². The molecule has 0 radical (unpaired) electrons. The number of rotatable bonds is 3. The Morgan fingerprint density at radius 2 is 2.13 bits per heavy atom. The van der Waals surface area contributed by atoms with Gasteiger partial charge in [-0.1, -0.05) is 0 Å². The van der Waals surface area contributed by atoms with Gasteiger partial charge in [0.15, 0.2) is 0 Å². The predicted molar refractivity (Wildman–Crippen MR) is 64.1 cm³/mol. The second-order valence-corrected chi connectivity index (χ2v) is 4.75. The summed E-state index contributed by atoms with van der Waals surface area (Å²) in [7, 11) is 0. The highest BCUT2D eigenvalue weighted by atomic mass is 15.0. The lowest BCUT2D eigenvalue weighted by Gasteiger charge is -2.15. The van der Waals surface area contributed by atoms with Gasteiger partial charge in [-0.15, -0.1) is 0 Å². The van der Waals surface area contributed by atoms with Crippen LogP contribution in [0.5, 0.6) is 0 Å². The molecule has 0 bridgehead atoms. The fourth-order valence-corrected chi connectivity index (χ4v) is 2.70. The molecule has 0 spiro atoms. The lowest BCUT2D eigenvalue weighted by atomic mass is 9.93. The maximum Gasteiger partial charge on any atom is 0.0209 e. The first-order valence-electron chi connectivity index (χ1n) is 6.17. The minimum absolute atomic E-state index is 0.281. The molecule has 1 aliphatic rings. The zero-order chi connectivity index (χ0) is 10.8. The number of hydrogen-bond acceptors (Lipinski definition) is 1. The largest absolute Gasteiger partial charge is 0.351 e. The van der Waals surface area contributed by atoms with Crippen molar-refractivity contribution in [3.63, 3.8) is 0 Å². The highest BCUT2D eigenvalue weighted by Crippen LogP contribution is 2.27. The van der Waals surface area contributed by atoms with Crippen molar-refractivity contribution >= 4 is 0 Å².